The number of hydrogen-bond donors (Lipinski definition) is 0. The number of anilines is 1. The lowest BCUT2D eigenvalue weighted by Crippen LogP contribution is -2.43. The van der Waals surface area contributed by atoms with Crippen molar-refractivity contribution in [1.29, 1.82) is 0 Å². The van der Waals surface area contributed by atoms with Crippen LogP contribution in [0, 0.1) is 5.82 Å². The Morgan fingerprint density at radius 3 is 2.71 bits per heavy atom. The van der Waals surface area contributed by atoms with Gasteiger partial charge in [0, 0.05) is 13.1 Å². The van der Waals surface area contributed by atoms with Crippen LogP contribution in [0.5, 0.6) is 11.5 Å². The maximum atomic E-state index is 13.5. The van der Waals surface area contributed by atoms with Crippen LogP contribution in [0.4, 0.5) is 10.1 Å². The summed E-state index contributed by atoms with van der Waals surface area (Å²) in [7, 11) is 1.49. The van der Waals surface area contributed by atoms with E-state index in [1.54, 1.807) is 29.2 Å². The van der Waals surface area contributed by atoms with Crippen LogP contribution in [0.25, 0.3) is 6.08 Å². The maximum absolute atomic E-state index is 13.5. The summed E-state index contributed by atoms with van der Waals surface area (Å²) in [5.41, 5.74) is 1.07. The molecule has 0 aromatic heterocycles. The molecule has 2 amide bonds. The molecule has 0 spiro atoms. The second kappa shape index (κ2) is 10.7. The van der Waals surface area contributed by atoms with E-state index in [1.807, 2.05) is 0 Å². The SMILES string of the molecule is COc1cc(/C=C2\SC(=S)N(c3ccc(F)c(Cl)c3)C2=O)ccc1OCC(=O)N1CCOCC1. The Kier molecular flexibility index (Phi) is 7.72. The average Bonchev–Trinajstić information content (AvgIpc) is 3.12. The molecule has 0 atom stereocenters. The van der Waals surface area contributed by atoms with E-state index >= 15 is 0 Å². The van der Waals surface area contributed by atoms with E-state index < -0.39 is 5.82 Å². The highest BCUT2D eigenvalue weighted by molar-refractivity contribution is 8.27. The topological polar surface area (TPSA) is 68.3 Å². The number of morpholine rings is 1. The number of nitrogens with zero attached hydrogens (tertiary/aromatic N) is 2. The van der Waals surface area contributed by atoms with Crippen molar-refractivity contribution in [2.75, 3.05) is 44.9 Å². The van der Waals surface area contributed by atoms with Crippen LogP contribution in [0.15, 0.2) is 41.3 Å². The van der Waals surface area contributed by atoms with Gasteiger partial charge in [-0.15, -0.1) is 0 Å². The largest absolute Gasteiger partial charge is 0.493 e. The van der Waals surface area contributed by atoms with Gasteiger partial charge >= 0.3 is 0 Å². The summed E-state index contributed by atoms with van der Waals surface area (Å²) in [6.45, 7) is 2.00. The van der Waals surface area contributed by atoms with E-state index in [0.717, 1.165) is 11.8 Å². The van der Waals surface area contributed by atoms with Gasteiger partial charge < -0.3 is 19.1 Å². The van der Waals surface area contributed by atoms with Crippen LogP contribution in [-0.2, 0) is 14.3 Å². The van der Waals surface area contributed by atoms with Gasteiger partial charge in [-0.1, -0.05) is 41.6 Å². The van der Waals surface area contributed by atoms with Gasteiger partial charge in [-0.2, -0.15) is 0 Å². The zero-order chi connectivity index (χ0) is 24.2. The van der Waals surface area contributed by atoms with Crippen LogP contribution in [0.3, 0.4) is 0 Å². The molecule has 2 aliphatic rings. The van der Waals surface area contributed by atoms with Gasteiger partial charge in [0.25, 0.3) is 11.8 Å². The molecule has 7 nitrogen and oxygen atoms in total. The number of thioether (sulfide) groups is 1. The number of ether oxygens (including phenoxy) is 3. The molecule has 0 radical (unpaired) electrons. The monoisotopic (exact) mass is 522 g/mol. The fourth-order valence-electron chi connectivity index (χ4n) is 3.40. The van der Waals surface area contributed by atoms with E-state index in [4.69, 9.17) is 38.0 Å². The molecule has 0 aliphatic carbocycles. The van der Waals surface area contributed by atoms with Crippen molar-refractivity contribution >= 4 is 63.5 Å². The molecule has 2 aliphatic heterocycles. The van der Waals surface area contributed by atoms with E-state index in [1.165, 1.54) is 30.2 Å². The summed E-state index contributed by atoms with van der Waals surface area (Å²) in [5.74, 6) is -0.210. The predicted molar refractivity (Wildman–Crippen MR) is 133 cm³/mol. The number of methoxy groups -OCH3 is 1. The highest BCUT2D eigenvalue weighted by Gasteiger charge is 2.33. The lowest BCUT2D eigenvalue weighted by molar-refractivity contribution is -0.137. The first kappa shape index (κ1) is 24.5. The van der Waals surface area contributed by atoms with Crippen LogP contribution < -0.4 is 14.4 Å². The Bertz CT molecular complexity index is 1170. The highest BCUT2D eigenvalue weighted by atomic mass is 35.5. The zero-order valence-corrected chi connectivity index (χ0v) is 20.5. The highest BCUT2D eigenvalue weighted by Crippen LogP contribution is 2.38. The van der Waals surface area contributed by atoms with Crippen LogP contribution in [0.1, 0.15) is 5.56 Å². The lowest BCUT2D eigenvalue weighted by Gasteiger charge is -2.26. The second-order valence-corrected chi connectivity index (χ2v) is 9.39. The fourth-order valence-corrected chi connectivity index (χ4v) is 4.88. The molecular formula is C23H20ClFN2O5S2. The maximum Gasteiger partial charge on any atom is 0.270 e. The van der Waals surface area contributed by atoms with Gasteiger partial charge in [-0.05, 0) is 42.0 Å². The quantitative estimate of drug-likeness (QED) is 0.417. The van der Waals surface area contributed by atoms with E-state index in [2.05, 4.69) is 0 Å². The molecule has 0 bridgehead atoms. The van der Waals surface area contributed by atoms with E-state index in [9.17, 15) is 14.0 Å². The minimum atomic E-state index is -0.576. The minimum Gasteiger partial charge on any atom is -0.493 e. The Balaban J connectivity index is 1.48. The number of benzene rings is 2. The van der Waals surface area contributed by atoms with Crippen molar-refractivity contribution in [3.63, 3.8) is 0 Å². The van der Waals surface area contributed by atoms with E-state index in [0.29, 0.717) is 58.3 Å². The molecule has 0 N–H and O–H groups in total. The Morgan fingerprint density at radius 1 is 1.24 bits per heavy atom. The summed E-state index contributed by atoms with van der Waals surface area (Å²) in [4.78, 5) is 28.7. The molecule has 178 valence electrons. The van der Waals surface area contributed by atoms with Crippen molar-refractivity contribution in [1.82, 2.24) is 4.90 Å². The van der Waals surface area contributed by atoms with Crippen molar-refractivity contribution in [3.05, 3.63) is 57.7 Å². The first-order valence-corrected chi connectivity index (χ1v) is 11.9. The van der Waals surface area contributed by atoms with Crippen LogP contribution in [-0.4, -0.2) is 61.1 Å². The number of thiocarbonyl (C=S) groups is 1. The molecule has 34 heavy (non-hydrogen) atoms. The molecule has 4 rings (SSSR count). The summed E-state index contributed by atoms with van der Waals surface area (Å²) >= 11 is 12.3. The molecule has 0 saturated carbocycles. The molecule has 2 fully saturated rings. The van der Waals surface area contributed by atoms with Crippen molar-refractivity contribution in [2.24, 2.45) is 0 Å². The standard InChI is InChI=1S/C23H20ClFN2O5S2/c1-30-19-10-14(2-5-18(19)32-13-21(28)26-6-8-31-9-7-26)11-20-22(29)27(23(33)34-20)15-3-4-17(25)16(24)12-15/h2-5,10-12H,6-9,13H2,1H3/b20-11-. The van der Waals surface area contributed by atoms with Gasteiger partial charge in [-0.3, -0.25) is 14.5 Å². The Labute approximate surface area is 210 Å². The summed E-state index contributed by atoms with van der Waals surface area (Å²) in [5, 5.41) is -0.0945. The molecule has 0 unspecified atom stereocenters. The third kappa shape index (κ3) is 5.35. The summed E-state index contributed by atoms with van der Waals surface area (Å²) < 4.78 is 30.2. The van der Waals surface area contributed by atoms with Crippen molar-refractivity contribution < 1.29 is 28.2 Å². The van der Waals surface area contributed by atoms with Gasteiger partial charge in [0.05, 0.1) is 35.9 Å². The fraction of sp³-hybridized carbons (Fsp3) is 0.261. The predicted octanol–water partition coefficient (Wildman–Crippen LogP) is 4.13. The molecule has 2 aromatic carbocycles. The average molecular weight is 523 g/mol. The lowest BCUT2D eigenvalue weighted by atomic mass is 10.1. The third-order valence-electron chi connectivity index (χ3n) is 5.16. The Morgan fingerprint density at radius 2 is 2.00 bits per heavy atom. The summed E-state index contributed by atoms with van der Waals surface area (Å²) in [6, 6.07) is 9.12. The van der Waals surface area contributed by atoms with Crippen molar-refractivity contribution in [2.45, 2.75) is 0 Å². The minimum absolute atomic E-state index is 0.0945. The second-order valence-electron chi connectivity index (χ2n) is 7.31. The number of halogens is 2. The number of amides is 2. The molecule has 2 heterocycles. The molecular weight excluding hydrogens is 503 g/mol. The van der Waals surface area contributed by atoms with Crippen LogP contribution >= 0.6 is 35.6 Å². The van der Waals surface area contributed by atoms with Gasteiger partial charge in [0.15, 0.2) is 22.4 Å². The molecule has 2 aromatic rings. The van der Waals surface area contributed by atoms with Gasteiger partial charge in [0.2, 0.25) is 0 Å². The smallest absolute Gasteiger partial charge is 0.270 e. The Hall–Kier alpha value is -2.66. The van der Waals surface area contributed by atoms with Gasteiger partial charge in [-0.25, -0.2) is 4.39 Å². The zero-order valence-electron chi connectivity index (χ0n) is 18.1. The molecule has 11 heteroatoms. The van der Waals surface area contributed by atoms with Crippen LogP contribution in [0.2, 0.25) is 5.02 Å². The number of carbonyl (C=O) groups excluding carboxylic acids is 2. The first-order chi connectivity index (χ1) is 16.4. The normalized spacial score (nSPS) is 17.4. The number of hydrogen-bond acceptors (Lipinski definition) is 7. The first-order valence-electron chi connectivity index (χ1n) is 10.3. The van der Waals surface area contributed by atoms with Gasteiger partial charge in [0.1, 0.15) is 5.82 Å². The number of carbonyl (C=O) groups is 2. The van der Waals surface area contributed by atoms with E-state index in [-0.39, 0.29) is 23.4 Å². The number of rotatable bonds is 6. The summed E-state index contributed by atoms with van der Waals surface area (Å²) in [6.07, 6.45) is 1.68. The third-order valence-corrected chi connectivity index (χ3v) is 6.75. The molecule has 2 saturated heterocycles. The van der Waals surface area contributed by atoms with Crippen molar-refractivity contribution in [3.8, 4) is 11.5 Å².